The molecule has 0 unspecified atom stereocenters. The summed E-state index contributed by atoms with van der Waals surface area (Å²) < 4.78 is 4.94. The maximum absolute atomic E-state index is 4.94. The predicted molar refractivity (Wildman–Crippen MR) is 39.5 cm³/mol. The van der Waals surface area contributed by atoms with Crippen molar-refractivity contribution in [1.29, 1.82) is 0 Å². The maximum Gasteiger partial charge on any atom is 0.0466 e. The van der Waals surface area contributed by atoms with Gasteiger partial charge in [-0.1, -0.05) is 22.9 Å². The molecule has 1 rings (SSSR count). The van der Waals surface area contributed by atoms with E-state index in [4.69, 9.17) is 4.74 Å². The molecule has 0 bridgehead atoms. The molecule has 1 heterocycles. The molecule has 50 valence electrons. The lowest BCUT2D eigenvalue weighted by Crippen LogP contribution is -1.74. The minimum atomic E-state index is 1.00. The minimum absolute atomic E-state index is 1.00. The van der Waals surface area contributed by atoms with E-state index in [1.807, 2.05) is 6.92 Å². The molecule has 0 aromatic heterocycles. The summed E-state index contributed by atoms with van der Waals surface area (Å²) in [6, 6.07) is 0. The summed E-state index contributed by atoms with van der Waals surface area (Å²) in [5.74, 6) is 0. The standard InChI is InChI=1S/C4H8O.C2H5Br/c1-2-4-5-3-1;1-2-3/h1-4H2;2H2,1H3. The van der Waals surface area contributed by atoms with Crippen LogP contribution in [0.15, 0.2) is 0 Å². The molecule has 0 aromatic rings. The third-order valence-electron chi connectivity index (χ3n) is 0.827. The maximum atomic E-state index is 4.94. The summed E-state index contributed by atoms with van der Waals surface area (Å²) in [6.07, 6.45) is 2.56. The molecule has 0 spiro atoms. The van der Waals surface area contributed by atoms with E-state index in [1.54, 1.807) is 0 Å². The van der Waals surface area contributed by atoms with Crippen molar-refractivity contribution < 1.29 is 4.74 Å². The van der Waals surface area contributed by atoms with Crippen LogP contribution < -0.4 is 0 Å². The van der Waals surface area contributed by atoms with E-state index in [1.165, 1.54) is 12.8 Å². The lowest BCUT2D eigenvalue weighted by atomic mass is 10.4. The molecule has 0 amide bonds. The van der Waals surface area contributed by atoms with Crippen molar-refractivity contribution in [2.45, 2.75) is 19.8 Å². The molecule has 2 heteroatoms. The molecule has 0 aromatic carbocycles. The van der Waals surface area contributed by atoms with Crippen LogP contribution in [0.4, 0.5) is 0 Å². The Morgan fingerprint density at radius 3 is 1.88 bits per heavy atom. The van der Waals surface area contributed by atoms with Crippen LogP contribution in [0.3, 0.4) is 0 Å². The van der Waals surface area contributed by atoms with Crippen molar-refractivity contribution >= 4 is 15.9 Å². The predicted octanol–water partition coefficient (Wildman–Crippen LogP) is 2.20. The van der Waals surface area contributed by atoms with Gasteiger partial charge in [0.2, 0.25) is 0 Å². The number of hydrogen-bond acceptors (Lipinski definition) is 1. The summed E-state index contributed by atoms with van der Waals surface area (Å²) in [5, 5.41) is 1.06. The third kappa shape index (κ3) is 6.44. The van der Waals surface area contributed by atoms with Crippen LogP contribution in [0.5, 0.6) is 0 Å². The van der Waals surface area contributed by atoms with Crippen molar-refractivity contribution in [3.8, 4) is 0 Å². The van der Waals surface area contributed by atoms with Crippen molar-refractivity contribution in [2.75, 3.05) is 18.5 Å². The van der Waals surface area contributed by atoms with Crippen LogP contribution in [0.1, 0.15) is 19.8 Å². The fourth-order valence-electron chi connectivity index (χ4n) is 0.510. The first-order valence-corrected chi connectivity index (χ1v) is 4.17. The van der Waals surface area contributed by atoms with Crippen LogP contribution >= 0.6 is 15.9 Å². The molecule has 0 saturated carbocycles. The molecule has 0 N–H and O–H groups in total. The fourth-order valence-corrected chi connectivity index (χ4v) is 0.510. The Balaban J connectivity index is 0.000000145. The second kappa shape index (κ2) is 7.44. The molecule has 1 fully saturated rings. The van der Waals surface area contributed by atoms with E-state index in [9.17, 15) is 0 Å². The van der Waals surface area contributed by atoms with E-state index in [0.29, 0.717) is 0 Å². The molecule has 1 aliphatic heterocycles. The largest absolute Gasteiger partial charge is 0.381 e. The van der Waals surface area contributed by atoms with Crippen molar-refractivity contribution in [3.05, 3.63) is 0 Å². The number of rotatable bonds is 0. The third-order valence-corrected chi connectivity index (χ3v) is 0.827. The molecule has 0 radical (unpaired) electrons. The molecular formula is C6H13BrO. The zero-order chi connectivity index (χ0) is 6.24. The van der Waals surface area contributed by atoms with Crippen LogP contribution in [-0.2, 0) is 4.74 Å². The van der Waals surface area contributed by atoms with E-state index >= 15 is 0 Å². The fraction of sp³-hybridized carbons (Fsp3) is 1.00. The summed E-state index contributed by atoms with van der Waals surface area (Å²) >= 11 is 3.15. The average molecular weight is 181 g/mol. The van der Waals surface area contributed by atoms with Gasteiger partial charge in [-0.2, -0.15) is 0 Å². The normalized spacial score (nSPS) is 17.2. The highest BCUT2D eigenvalue weighted by molar-refractivity contribution is 9.09. The van der Waals surface area contributed by atoms with Gasteiger partial charge in [-0.25, -0.2) is 0 Å². The van der Waals surface area contributed by atoms with Gasteiger partial charge in [0.25, 0.3) is 0 Å². The summed E-state index contributed by atoms with van der Waals surface area (Å²) in [4.78, 5) is 0. The van der Waals surface area contributed by atoms with Crippen LogP contribution in [-0.4, -0.2) is 18.5 Å². The summed E-state index contributed by atoms with van der Waals surface area (Å²) in [5.41, 5.74) is 0. The summed E-state index contributed by atoms with van der Waals surface area (Å²) in [7, 11) is 0. The van der Waals surface area contributed by atoms with Crippen molar-refractivity contribution in [2.24, 2.45) is 0 Å². The van der Waals surface area contributed by atoms with Gasteiger partial charge in [0.1, 0.15) is 0 Å². The minimum Gasteiger partial charge on any atom is -0.381 e. The Bertz CT molecular complexity index is 27.9. The Labute approximate surface area is 59.5 Å². The van der Waals surface area contributed by atoms with E-state index in [0.717, 1.165) is 18.5 Å². The van der Waals surface area contributed by atoms with E-state index in [2.05, 4.69) is 15.9 Å². The Kier molecular flexibility index (Phi) is 7.85. The van der Waals surface area contributed by atoms with Gasteiger partial charge in [0.05, 0.1) is 0 Å². The quantitative estimate of drug-likeness (QED) is 0.520. The highest BCUT2D eigenvalue weighted by Crippen LogP contribution is 1.98. The van der Waals surface area contributed by atoms with Gasteiger partial charge in [0, 0.05) is 18.5 Å². The number of alkyl halides is 1. The first-order chi connectivity index (χ1) is 3.91. The molecule has 0 aliphatic carbocycles. The Morgan fingerprint density at radius 1 is 1.38 bits per heavy atom. The van der Waals surface area contributed by atoms with Gasteiger partial charge in [-0.15, -0.1) is 0 Å². The second-order valence-electron chi connectivity index (χ2n) is 1.59. The lowest BCUT2D eigenvalue weighted by Gasteiger charge is -1.76. The first kappa shape index (κ1) is 8.44. The first-order valence-electron chi connectivity index (χ1n) is 3.05. The summed E-state index contributed by atoms with van der Waals surface area (Å²) in [6.45, 7) is 4.04. The molecule has 0 atom stereocenters. The highest BCUT2D eigenvalue weighted by atomic mass is 79.9. The topological polar surface area (TPSA) is 9.23 Å². The number of halogens is 1. The molecular weight excluding hydrogens is 168 g/mol. The Morgan fingerprint density at radius 2 is 1.75 bits per heavy atom. The second-order valence-corrected chi connectivity index (χ2v) is 2.71. The van der Waals surface area contributed by atoms with Crippen molar-refractivity contribution in [3.63, 3.8) is 0 Å². The van der Waals surface area contributed by atoms with Gasteiger partial charge >= 0.3 is 0 Å². The highest BCUT2D eigenvalue weighted by Gasteiger charge is 1.94. The molecule has 1 saturated heterocycles. The van der Waals surface area contributed by atoms with E-state index in [-0.39, 0.29) is 0 Å². The zero-order valence-corrected chi connectivity index (χ0v) is 6.91. The molecule has 8 heavy (non-hydrogen) atoms. The Hall–Kier alpha value is 0.440. The number of hydrogen-bond donors (Lipinski definition) is 0. The van der Waals surface area contributed by atoms with Crippen LogP contribution in [0.2, 0.25) is 0 Å². The van der Waals surface area contributed by atoms with Crippen LogP contribution in [0.25, 0.3) is 0 Å². The van der Waals surface area contributed by atoms with Crippen LogP contribution in [0, 0.1) is 0 Å². The zero-order valence-electron chi connectivity index (χ0n) is 5.32. The van der Waals surface area contributed by atoms with E-state index < -0.39 is 0 Å². The smallest absolute Gasteiger partial charge is 0.0466 e. The lowest BCUT2D eigenvalue weighted by molar-refractivity contribution is 0.198. The molecule has 1 aliphatic rings. The monoisotopic (exact) mass is 180 g/mol. The van der Waals surface area contributed by atoms with Crippen molar-refractivity contribution in [1.82, 2.24) is 0 Å². The van der Waals surface area contributed by atoms with Gasteiger partial charge < -0.3 is 4.74 Å². The van der Waals surface area contributed by atoms with Gasteiger partial charge in [-0.05, 0) is 12.8 Å². The molecule has 1 nitrogen and oxygen atoms in total. The van der Waals surface area contributed by atoms with Gasteiger partial charge in [0.15, 0.2) is 0 Å². The number of ether oxygens (including phenoxy) is 1. The SMILES string of the molecule is C1CCOC1.CCBr. The average Bonchev–Trinajstić information content (AvgIpc) is 2.17. The van der Waals surface area contributed by atoms with Gasteiger partial charge in [-0.3, -0.25) is 0 Å².